The molecule has 0 unspecified atom stereocenters. The van der Waals surface area contributed by atoms with Gasteiger partial charge >= 0.3 is 0 Å². The molecule has 0 saturated carbocycles. The van der Waals surface area contributed by atoms with Gasteiger partial charge < -0.3 is 4.42 Å². The van der Waals surface area contributed by atoms with Gasteiger partial charge in [-0.1, -0.05) is 0 Å². The second kappa shape index (κ2) is 6.26. The van der Waals surface area contributed by atoms with E-state index in [1.165, 1.54) is 0 Å². The molecule has 0 aromatic carbocycles. The van der Waals surface area contributed by atoms with Crippen molar-refractivity contribution in [2.45, 2.75) is 26.3 Å². The number of nitrogens with zero attached hydrogens (tertiary/aromatic N) is 2. The maximum atomic E-state index is 12.3. The lowest BCUT2D eigenvalue weighted by Gasteiger charge is -2.21. The zero-order chi connectivity index (χ0) is 18.4. The molecule has 136 valence electrons. The third-order valence-electron chi connectivity index (χ3n) is 4.48. The largest absolute Gasteiger partial charge is 0.444 e. The Morgan fingerprint density at radius 2 is 2.12 bits per heavy atom. The summed E-state index contributed by atoms with van der Waals surface area (Å²) < 4.78 is 28.6. The van der Waals surface area contributed by atoms with Crippen LogP contribution in [-0.4, -0.2) is 60.6 Å². The second-order valence-corrected chi connectivity index (χ2v) is 8.62. The first-order valence-electron chi connectivity index (χ1n) is 7.87. The van der Waals surface area contributed by atoms with Gasteiger partial charge in [0.05, 0.1) is 29.1 Å². The number of likely N-dealkylation sites (N-methyl/N-ethyl adjacent to an activating group) is 1. The smallest absolute Gasteiger partial charge is 0.277 e. The monoisotopic (exact) mass is 368 g/mol. The van der Waals surface area contributed by atoms with Crippen LogP contribution >= 0.6 is 0 Å². The SMILES string of the molecule is Cc1n[nH]c(=O)c2c(NC(=O)CN(C)[C@H]3CCS(=O)(=O)C3)oc(C)c12. The van der Waals surface area contributed by atoms with Crippen molar-refractivity contribution in [2.75, 3.05) is 30.4 Å². The Labute approximate surface area is 144 Å². The Kier molecular flexibility index (Phi) is 4.41. The van der Waals surface area contributed by atoms with E-state index in [0.717, 1.165) is 0 Å². The van der Waals surface area contributed by atoms with Crippen molar-refractivity contribution in [1.82, 2.24) is 15.1 Å². The summed E-state index contributed by atoms with van der Waals surface area (Å²) in [4.78, 5) is 26.0. The molecule has 1 saturated heterocycles. The summed E-state index contributed by atoms with van der Waals surface area (Å²) in [5, 5.41) is 9.71. The Hall–Kier alpha value is -2.20. The first kappa shape index (κ1) is 17.6. The molecule has 2 N–H and O–H groups in total. The number of furan rings is 1. The molecule has 2 aromatic heterocycles. The molecular formula is C15H20N4O5S. The van der Waals surface area contributed by atoms with Gasteiger partial charge in [-0.2, -0.15) is 5.10 Å². The molecule has 0 radical (unpaired) electrons. The van der Waals surface area contributed by atoms with Crippen molar-refractivity contribution >= 4 is 32.4 Å². The number of hydrogen-bond acceptors (Lipinski definition) is 7. The summed E-state index contributed by atoms with van der Waals surface area (Å²) in [5.74, 6) is 0.405. The number of aryl methyl sites for hydroxylation is 2. The van der Waals surface area contributed by atoms with E-state index in [-0.39, 0.29) is 41.3 Å². The number of sulfone groups is 1. The zero-order valence-electron chi connectivity index (χ0n) is 14.2. The highest BCUT2D eigenvalue weighted by atomic mass is 32.2. The summed E-state index contributed by atoms with van der Waals surface area (Å²) in [6.07, 6.45) is 0.513. The first-order chi connectivity index (χ1) is 11.7. The van der Waals surface area contributed by atoms with Crippen LogP contribution in [0.15, 0.2) is 9.21 Å². The molecule has 0 bridgehead atoms. The number of anilines is 1. The van der Waals surface area contributed by atoms with Crippen LogP contribution in [0.5, 0.6) is 0 Å². The molecule has 1 atom stereocenters. The summed E-state index contributed by atoms with van der Waals surface area (Å²) in [6, 6.07) is -0.180. The molecular weight excluding hydrogens is 348 g/mol. The lowest BCUT2D eigenvalue weighted by Crippen LogP contribution is -2.38. The van der Waals surface area contributed by atoms with Gasteiger partial charge in [-0.05, 0) is 27.3 Å². The van der Waals surface area contributed by atoms with E-state index in [0.29, 0.717) is 23.3 Å². The number of fused-ring (bicyclic) bond motifs is 1. The third-order valence-corrected chi connectivity index (χ3v) is 6.23. The number of rotatable bonds is 4. The van der Waals surface area contributed by atoms with E-state index < -0.39 is 15.4 Å². The molecule has 0 spiro atoms. The number of carbonyl (C=O) groups excluding carboxylic acids is 1. The predicted molar refractivity (Wildman–Crippen MR) is 92.4 cm³/mol. The Bertz CT molecular complexity index is 991. The van der Waals surface area contributed by atoms with E-state index in [2.05, 4.69) is 15.5 Å². The highest BCUT2D eigenvalue weighted by Crippen LogP contribution is 2.28. The fourth-order valence-electron chi connectivity index (χ4n) is 3.18. The molecule has 1 aliphatic rings. The minimum absolute atomic E-state index is 0.00337. The molecule has 1 amide bonds. The van der Waals surface area contributed by atoms with Crippen molar-refractivity contribution in [1.29, 1.82) is 0 Å². The van der Waals surface area contributed by atoms with Crippen LogP contribution in [0.1, 0.15) is 17.9 Å². The molecule has 2 aromatic rings. The van der Waals surface area contributed by atoms with E-state index >= 15 is 0 Å². The number of carbonyl (C=O) groups is 1. The van der Waals surface area contributed by atoms with Crippen LogP contribution in [0.3, 0.4) is 0 Å². The lowest BCUT2D eigenvalue weighted by molar-refractivity contribution is -0.117. The molecule has 9 nitrogen and oxygen atoms in total. The number of nitrogens with one attached hydrogen (secondary N) is 2. The van der Waals surface area contributed by atoms with E-state index in [9.17, 15) is 18.0 Å². The van der Waals surface area contributed by atoms with Crippen molar-refractivity contribution in [3.05, 3.63) is 21.8 Å². The van der Waals surface area contributed by atoms with Gasteiger partial charge in [-0.3, -0.25) is 19.8 Å². The van der Waals surface area contributed by atoms with Crippen molar-refractivity contribution in [3.8, 4) is 0 Å². The molecule has 0 aliphatic carbocycles. The number of aromatic amines is 1. The van der Waals surface area contributed by atoms with E-state index in [1.807, 2.05) is 0 Å². The van der Waals surface area contributed by atoms with Gasteiger partial charge in [-0.15, -0.1) is 0 Å². The molecule has 3 rings (SSSR count). The number of hydrogen-bond donors (Lipinski definition) is 2. The van der Waals surface area contributed by atoms with Gasteiger partial charge in [-0.25, -0.2) is 13.5 Å². The van der Waals surface area contributed by atoms with Crippen LogP contribution in [-0.2, 0) is 14.6 Å². The Morgan fingerprint density at radius 1 is 1.40 bits per heavy atom. The average Bonchev–Trinajstić information content (AvgIpc) is 3.03. The number of H-pyrrole nitrogens is 1. The summed E-state index contributed by atoms with van der Waals surface area (Å²) >= 11 is 0. The van der Waals surface area contributed by atoms with E-state index in [4.69, 9.17) is 4.42 Å². The van der Waals surface area contributed by atoms with E-state index in [1.54, 1.807) is 25.8 Å². The van der Waals surface area contributed by atoms with Crippen LogP contribution in [0.25, 0.3) is 10.8 Å². The average molecular weight is 368 g/mol. The highest BCUT2D eigenvalue weighted by Gasteiger charge is 2.31. The predicted octanol–water partition coefficient (Wildman–Crippen LogP) is 0.190. The standard InChI is InChI=1S/C15H20N4O5S/c1-8-12-9(2)24-15(13(12)14(21)18-17-8)16-11(20)6-19(3)10-4-5-25(22,23)7-10/h10H,4-7H2,1-3H3,(H,16,20)(H,18,21)/t10-/m0/s1. The minimum Gasteiger partial charge on any atom is -0.444 e. The van der Waals surface area contributed by atoms with Crippen LogP contribution in [0.4, 0.5) is 5.88 Å². The molecule has 25 heavy (non-hydrogen) atoms. The van der Waals surface area contributed by atoms with Crippen LogP contribution in [0.2, 0.25) is 0 Å². The minimum atomic E-state index is -3.02. The van der Waals surface area contributed by atoms with Crippen LogP contribution < -0.4 is 10.9 Å². The maximum Gasteiger partial charge on any atom is 0.277 e. The Balaban J connectivity index is 1.77. The normalized spacial score (nSPS) is 19.6. The summed E-state index contributed by atoms with van der Waals surface area (Å²) in [7, 11) is -1.31. The fraction of sp³-hybridized carbons (Fsp3) is 0.533. The van der Waals surface area contributed by atoms with Gasteiger partial charge in [0.15, 0.2) is 9.84 Å². The lowest BCUT2D eigenvalue weighted by atomic mass is 10.2. The van der Waals surface area contributed by atoms with Crippen LogP contribution in [0, 0.1) is 13.8 Å². The quantitative estimate of drug-likeness (QED) is 0.789. The fourth-order valence-corrected chi connectivity index (χ4v) is 4.98. The van der Waals surface area contributed by atoms with Crippen molar-refractivity contribution < 1.29 is 17.6 Å². The Morgan fingerprint density at radius 3 is 2.76 bits per heavy atom. The number of amides is 1. The third kappa shape index (κ3) is 3.45. The first-order valence-corrected chi connectivity index (χ1v) is 9.69. The van der Waals surface area contributed by atoms with Gasteiger partial charge in [0.25, 0.3) is 5.56 Å². The molecule has 3 heterocycles. The van der Waals surface area contributed by atoms with Gasteiger partial charge in [0.1, 0.15) is 11.1 Å². The second-order valence-electron chi connectivity index (χ2n) is 6.40. The van der Waals surface area contributed by atoms with Gasteiger partial charge in [0, 0.05) is 6.04 Å². The molecule has 10 heteroatoms. The van der Waals surface area contributed by atoms with Crippen molar-refractivity contribution in [3.63, 3.8) is 0 Å². The van der Waals surface area contributed by atoms with Gasteiger partial charge in [0.2, 0.25) is 11.8 Å². The maximum absolute atomic E-state index is 12.3. The van der Waals surface area contributed by atoms with Crippen molar-refractivity contribution in [2.24, 2.45) is 0 Å². The zero-order valence-corrected chi connectivity index (χ0v) is 15.1. The highest BCUT2D eigenvalue weighted by molar-refractivity contribution is 7.91. The summed E-state index contributed by atoms with van der Waals surface area (Å²) in [5.41, 5.74) is 0.160. The number of aromatic nitrogens is 2. The topological polar surface area (TPSA) is 125 Å². The molecule has 1 fully saturated rings. The molecule has 1 aliphatic heterocycles. The summed E-state index contributed by atoms with van der Waals surface area (Å²) in [6.45, 7) is 3.44.